The quantitative estimate of drug-likeness (QED) is 0.552. The highest BCUT2D eigenvalue weighted by atomic mass is 16.5. The summed E-state index contributed by atoms with van der Waals surface area (Å²) < 4.78 is 9.77. The Bertz CT molecular complexity index is 459. The van der Waals surface area contributed by atoms with Crippen molar-refractivity contribution in [3.8, 4) is 0 Å². The van der Waals surface area contributed by atoms with E-state index in [2.05, 4.69) is 4.74 Å². The number of carbonyl (C=O) groups is 2. The van der Waals surface area contributed by atoms with E-state index >= 15 is 0 Å². The third-order valence-corrected chi connectivity index (χ3v) is 2.28. The standard InChI is InChI=1S/C12H10O4/c1-15-12(14)10-9(13)7-16-11(10)8-5-3-2-4-6-8/h2-6H,7H2,1H3. The first kappa shape index (κ1) is 10.4. The minimum absolute atomic E-state index is 0.00583. The Labute approximate surface area is 92.5 Å². The molecule has 0 saturated heterocycles. The topological polar surface area (TPSA) is 52.6 Å². The van der Waals surface area contributed by atoms with Crippen LogP contribution in [-0.2, 0) is 19.1 Å². The van der Waals surface area contributed by atoms with E-state index in [9.17, 15) is 9.59 Å². The molecular weight excluding hydrogens is 208 g/mol. The molecule has 1 aromatic rings. The maximum atomic E-state index is 11.5. The smallest absolute Gasteiger partial charge is 0.345 e. The van der Waals surface area contributed by atoms with E-state index in [1.54, 1.807) is 12.1 Å². The molecule has 0 bridgehead atoms. The van der Waals surface area contributed by atoms with Gasteiger partial charge in [-0.2, -0.15) is 0 Å². The van der Waals surface area contributed by atoms with Gasteiger partial charge in [0.15, 0.2) is 6.61 Å². The SMILES string of the molecule is COC(=O)C1=C(c2ccccc2)OCC1=O. The van der Waals surface area contributed by atoms with E-state index in [1.807, 2.05) is 18.2 Å². The van der Waals surface area contributed by atoms with Crippen molar-refractivity contribution in [2.24, 2.45) is 0 Å². The van der Waals surface area contributed by atoms with Crippen LogP contribution in [0.3, 0.4) is 0 Å². The third kappa shape index (κ3) is 1.69. The van der Waals surface area contributed by atoms with Crippen molar-refractivity contribution in [3.63, 3.8) is 0 Å². The molecule has 0 aliphatic carbocycles. The minimum Gasteiger partial charge on any atom is -0.484 e. The summed E-state index contributed by atoms with van der Waals surface area (Å²) in [6.07, 6.45) is 0. The zero-order chi connectivity index (χ0) is 11.5. The molecule has 1 aliphatic heterocycles. The number of carbonyl (C=O) groups excluding carboxylic acids is 2. The van der Waals surface area contributed by atoms with Crippen LogP contribution in [0.1, 0.15) is 5.56 Å². The van der Waals surface area contributed by atoms with Gasteiger partial charge in [0.05, 0.1) is 7.11 Å². The molecule has 0 atom stereocenters. The number of benzene rings is 1. The fraction of sp³-hybridized carbons (Fsp3) is 0.167. The molecular formula is C12H10O4. The van der Waals surface area contributed by atoms with Gasteiger partial charge < -0.3 is 9.47 Å². The first-order valence-corrected chi connectivity index (χ1v) is 4.78. The van der Waals surface area contributed by atoms with Crippen LogP contribution in [0.4, 0.5) is 0 Å². The number of Topliss-reactive ketones (excluding diaryl/α,β-unsaturated/α-hetero) is 1. The van der Waals surface area contributed by atoms with Crippen molar-refractivity contribution in [2.45, 2.75) is 0 Å². The molecule has 0 radical (unpaired) electrons. The molecule has 2 rings (SSSR count). The third-order valence-electron chi connectivity index (χ3n) is 2.28. The summed E-state index contributed by atoms with van der Waals surface area (Å²) in [7, 11) is 1.24. The molecule has 0 fully saturated rings. The number of hydrogen-bond acceptors (Lipinski definition) is 4. The first-order chi connectivity index (χ1) is 7.74. The summed E-state index contributed by atoms with van der Waals surface area (Å²) in [6, 6.07) is 9.01. The van der Waals surface area contributed by atoms with Crippen LogP contribution in [0.5, 0.6) is 0 Å². The van der Waals surface area contributed by atoms with Crippen LogP contribution in [0.25, 0.3) is 5.76 Å². The molecule has 82 valence electrons. The lowest BCUT2D eigenvalue weighted by atomic mass is 10.1. The van der Waals surface area contributed by atoms with Crippen LogP contribution >= 0.6 is 0 Å². The molecule has 1 heterocycles. The highest BCUT2D eigenvalue weighted by Gasteiger charge is 2.32. The van der Waals surface area contributed by atoms with Crippen molar-refractivity contribution in [1.29, 1.82) is 0 Å². The molecule has 0 amide bonds. The van der Waals surface area contributed by atoms with Gasteiger partial charge in [-0.25, -0.2) is 4.79 Å². The summed E-state index contributed by atoms with van der Waals surface area (Å²) in [5.74, 6) is -0.690. The monoisotopic (exact) mass is 218 g/mol. The summed E-state index contributed by atoms with van der Waals surface area (Å²) >= 11 is 0. The number of ether oxygens (including phenoxy) is 2. The second-order valence-corrected chi connectivity index (χ2v) is 3.27. The van der Waals surface area contributed by atoms with Gasteiger partial charge in [-0.15, -0.1) is 0 Å². The highest BCUT2D eigenvalue weighted by molar-refractivity contribution is 6.24. The molecule has 0 aromatic heterocycles. The molecule has 1 aromatic carbocycles. The van der Waals surface area contributed by atoms with Gasteiger partial charge in [0.2, 0.25) is 5.78 Å². The van der Waals surface area contributed by atoms with Crippen LogP contribution < -0.4 is 0 Å². The predicted octanol–water partition coefficient (Wildman–Crippen LogP) is 1.17. The lowest BCUT2D eigenvalue weighted by molar-refractivity contribution is -0.137. The maximum absolute atomic E-state index is 11.5. The van der Waals surface area contributed by atoms with Crippen molar-refractivity contribution in [3.05, 3.63) is 41.5 Å². The Morgan fingerprint density at radius 2 is 2.00 bits per heavy atom. The Kier molecular flexibility index (Phi) is 2.72. The Hall–Kier alpha value is -2.10. The number of esters is 1. The summed E-state index contributed by atoms with van der Waals surface area (Å²) in [5, 5.41) is 0. The largest absolute Gasteiger partial charge is 0.484 e. The van der Waals surface area contributed by atoms with Gasteiger partial charge in [-0.05, 0) is 0 Å². The normalized spacial score (nSPS) is 14.9. The van der Waals surface area contributed by atoms with E-state index in [4.69, 9.17) is 4.74 Å². The minimum atomic E-state index is -0.652. The summed E-state index contributed by atoms with van der Waals surface area (Å²) in [6.45, 7) is -0.103. The second kappa shape index (κ2) is 4.18. The zero-order valence-corrected chi connectivity index (χ0v) is 8.73. The van der Waals surface area contributed by atoms with Gasteiger partial charge in [-0.1, -0.05) is 30.3 Å². The van der Waals surface area contributed by atoms with Gasteiger partial charge in [0.25, 0.3) is 0 Å². The molecule has 0 unspecified atom stereocenters. The van der Waals surface area contributed by atoms with E-state index in [-0.39, 0.29) is 18.0 Å². The van der Waals surface area contributed by atoms with Gasteiger partial charge in [0, 0.05) is 5.56 Å². The number of hydrogen-bond donors (Lipinski definition) is 0. The van der Waals surface area contributed by atoms with Crippen molar-refractivity contribution >= 4 is 17.5 Å². The Balaban J connectivity index is 2.49. The van der Waals surface area contributed by atoms with Crippen molar-refractivity contribution in [1.82, 2.24) is 0 Å². The molecule has 16 heavy (non-hydrogen) atoms. The van der Waals surface area contributed by atoms with Crippen LogP contribution in [0.15, 0.2) is 35.9 Å². The molecule has 4 heteroatoms. The lowest BCUT2D eigenvalue weighted by Gasteiger charge is -2.03. The lowest BCUT2D eigenvalue weighted by Crippen LogP contribution is -2.13. The molecule has 0 spiro atoms. The Morgan fingerprint density at radius 1 is 1.31 bits per heavy atom. The first-order valence-electron chi connectivity index (χ1n) is 4.78. The molecule has 0 N–H and O–H groups in total. The van der Waals surface area contributed by atoms with Crippen molar-refractivity contribution in [2.75, 3.05) is 13.7 Å². The number of methoxy groups -OCH3 is 1. The zero-order valence-electron chi connectivity index (χ0n) is 8.73. The predicted molar refractivity (Wildman–Crippen MR) is 56.3 cm³/mol. The molecule has 0 saturated carbocycles. The summed E-state index contributed by atoms with van der Waals surface area (Å²) in [5.41, 5.74) is 0.697. The van der Waals surface area contributed by atoms with Crippen LogP contribution in [0.2, 0.25) is 0 Å². The van der Waals surface area contributed by atoms with E-state index in [0.29, 0.717) is 11.3 Å². The van der Waals surface area contributed by atoms with Crippen molar-refractivity contribution < 1.29 is 19.1 Å². The number of rotatable bonds is 2. The number of ketones is 1. The van der Waals surface area contributed by atoms with E-state index in [0.717, 1.165) is 0 Å². The van der Waals surface area contributed by atoms with Gasteiger partial charge in [-0.3, -0.25) is 4.79 Å². The van der Waals surface area contributed by atoms with Gasteiger partial charge in [0.1, 0.15) is 11.3 Å². The maximum Gasteiger partial charge on any atom is 0.345 e. The van der Waals surface area contributed by atoms with Gasteiger partial charge >= 0.3 is 5.97 Å². The summed E-state index contributed by atoms with van der Waals surface area (Å²) in [4.78, 5) is 22.9. The molecule has 1 aliphatic rings. The average Bonchev–Trinajstić information content (AvgIpc) is 2.71. The van der Waals surface area contributed by atoms with E-state index < -0.39 is 5.97 Å². The van der Waals surface area contributed by atoms with E-state index in [1.165, 1.54) is 7.11 Å². The van der Waals surface area contributed by atoms with Crippen LogP contribution in [-0.4, -0.2) is 25.5 Å². The second-order valence-electron chi connectivity index (χ2n) is 3.27. The fourth-order valence-electron chi connectivity index (χ4n) is 1.53. The highest BCUT2D eigenvalue weighted by Crippen LogP contribution is 2.26. The van der Waals surface area contributed by atoms with Crippen LogP contribution in [0, 0.1) is 0 Å². The molecule has 4 nitrogen and oxygen atoms in total. The fourth-order valence-corrected chi connectivity index (χ4v) is 1.53. The average molecular weight is 218 g/mol. The Morgan fingerprint density at radius 3 is 2.62 bits per heavy atom.